The van der Waals surface area contributed by atoms with Crippen LogP contribution in [0.2, 0.25) is 0 Å². The van der Waals surface area contributed by atoms with Crippen molar-refractivity contribution in [1.29, 1.82) is 0 Å². The second kappa shape index (κ2) is 30.9. The minimum Gasteiger partial charge on any atom is -0.377 e. The number of hydrogen-bond acceptors (Lipinski definition) is 4. The van der Waals surface area contributed by atoms with E-state index < -0.39 is 6.29 Å². The summed E-state index contributed by atoms with van der Waals surface area (Å²) in [5.74, 6) is 0. The molecule has 0 aromatic heterocycles. The van der Waals surface area contributed by atoms with Gasteiger partial charge in [-0.25, -0.2) is 0 Å². The molecule has 0 saturated heterocycles. The zero-order valence-electron chi connectivity index (χ0n) is 26.1. The van der Waals surface area contributed by atoms with Gasteiger partial charge < -0.3 is 19.5 Å². The predicted octanol–water partition coefficient (Wildman–Crippen LogP) is 9.61. The molecule has 0 heterocycles. The molecular weight excluding hydrogens is 470 g/mol. The van der Waals surface area contributed by atoms with Gasteiger partial charge in [0.2, 0.25) is 0 Å². The van der Waals surface area contributed by atoms with Crippen molar-refractivity contribution in [3.8, 4) is 0 Å². The first-order chi connectivity index (χ1) is 18.6. The fraction of sp³-hybridized carbons (Fsp3) is 0.882. The molecule has 0 aliphatic heterocycles. The molecular formula is C34H67NO3. The Morgan fingerprint density at radius 3 is 1.55 bits per heavy atom. The number of unbranched alkanes of at least 4 members (excludes halogenated alkanes) is 14. The Balaban J connectivity index is 3.86. The standard InChI is InChI=1S/C34H67NO3/c1-5-7-9-11-13-15-17-19-21-23-25-27-33(37-32-30-35(3)4)29-31-38-34(36)28-26-24-22-20-18-16-14-12-10-8-6-2/h11-14,33-34,36H,5-10,15-32H2,1-4H3/b13-11+,14-12+. The van der Waals surface area contributed by atoms with Crippen molar-refractivity contribution in [2.75, 3.05) is 33.9 Å². The molecule has 0 saturated carbocycles. The van der Waals surface area contributed by atoms with Gasteiger partial charge in [0.1, 0.15) is 0 Å². The van der Waals surface area contributed by atoms with E-state index >= 15 is 0 Å². The summed E-state index contributed by atoms with van der Waals surface area (Å²) in [6.07, 6.45) is 34.4. The van der Waals surface area contributed by atoms with Crippen LogP contribution in [0, 0.1) is 0 Å². The van der Waals surface area contributed by atoms with Crippen LogP contribution in [-0.2, 0) is 9.47 Å². The minimum atomic E-state index is -0.630. The van der Waals surface area contributed by atoms with Crippen LogP contribution in [0.3, 0.4) is 0 Å². The smallest absolute Gasteiger partial charge is 0.154 e. The maximum absolute atomic E-state index is 10.2. The molecule has 0 bridgehead atoms. The van der Waals surface area contributed by atoms with Gasteiger partial charge in [-0.3, -0.25) is 0 Å². The lowest BCUT2D eigenvalue weighted by Gasteiger charge is -2.20. The lowest BCUT2D eigenvalue weighted by molar-refractivity contribution is -0.113. The SMILES string of the molecule is CCCC/C=C/CCCCCCCC(O)OCCC(CCCCCCC/C=C/CCCC)OCCN(C)C. The Hall–Kier alpha value is -0.680. The average Bonchev–Trinajstić information content (AvgIpc) is 2.89. The number of likely N-dealkylation sites (N-methyl/N-ethyl adjacent to an activating group) is 1. The topological polar surface area (TPSA) is 41.9 Å². The molecule has 0 aliphatic rings. The highest BCUT2D eigenvalue weighted by atomic mass is 16.6. The maximum Gasteiger partial charge on any atom is 0.154 e. The first-order valence-corrected chi connectivity index (χ1v) is 16.5. The second-order valence-electron chi connectivity index (χ2n) is 11.3. The first-order valence-electron chi connectivity index (χ1n) is 16.5. The number of nitrogens with zero attached hydrogens (tertiary/aromatic N) is 1. The van der Waals surface area contributed by atoms with Crippen LogP contribution in [-0.4, -0.2) is 56.3 Å². The average molecular weight is 538 g/mol. The van der Waals surface area contributed by atoms with Gasteiger partial charge in [-0.05, 0) is 78.3 Å². The molecule has 226 valence electrons. The van der Waals surface area contributed by atoms with Crippen LogP contribution >= 0.6 is 0 Å². The first kappa shape index (κ1) is 37.3. The Kier molecular flexibility index (Phi) is 30.3. The quantitative estimate of drug-likeness (QED) is 0.0562. The number of rotatable bonds is 30. The second-order valence-corrected chi connectivity index (χ2v) is 11.3. The summed E-state index contributed by atoms with van der Waals surface area (Å²) in [5, 5.41) is 10.2. The summed E-state index contributed by atoms with van der Waals surface area (Å²) >= 11 is 0. The van der Waals surface area contributed by atoms with E-state index in [2.05, 4.69) is 57.1 Å². The number of aliphatic hydroxyl groups is 1. The summed E-state index contributed by atoms with van der Waals surface area (Å²) in [5.41, 5.74) is 0. The zero-order valence-corrected chi connectivity index (χ0v) is 26.1. The zero-order chi connectivity index (χ0) is 27.9. The van der Waals surface area contributed by atoms with Crippen molar-refractivity contribution >= 4 is 0 Å². The van der Waals surface area contributed by atoms with Crippen molar-refractivity contribution < 1.29 is 14.6 Å². The normalized spacial score (nSPS) is 13.8. The molecule has 4 nitrogen and oxygen atoms in total. The van der Waals surface area contributed by atoms with Crippen molar-refractivity contribution in [2.24, 2.45) is 0 Å². The van der Waals surface area contributed by atoms with Gasteiger partial charge in [0.25, 0.3) is 0 Å². The van der Waals surface area contributed by atoms with E-state index in [4.69, 9.17) is 9.47 Å². The van der Waals surface area contributed by atoms with E-state index in [9.17, 15) is 5.11 Å². The highest BCUT2D eigenvalue weighted by Crippen LogP contribution is 2.15. The Morgan fingerprint density at radius 2 is 1.03 bits per heavy atom. The molecule has 0 aromatic rings. The molecule has 0 aromatic carbocycles. The third kappa shape index (κ3) is 29.9. The van der Waals surface area contributed by atoms with E-state index in [0.29, 0.717) is 6.61 Å². The van der Waals surface area contributed by atoms with E-state index in [1.54, 1.807) is 0 Å². The Labute approximate surface area is 238 Å². The molecule has 0 radical (unpaired) electrons. The fourth-order valence-electron chi connectivity index (χ4n) is 4.52. The van der Waals surface area contributed by atoms with E-state index in [1.807, 2.05) is 0 Å². The molecule has 38 heavy (non-hydrogen) atoms. The Morgan fingerprint density at radius 1 is 0.553 bits per heavy atom. The number of allylic oxidation sites excluding steroid dienone is 4. The third-order valence-corrected chi connectivity index (χ3v) is 7.14. The van der Waals surface area contributed by atoms with Crippen LogP contribution < -0.4 is 0 Å². The van der Waals surface area contributed by atoms with Crippen LogP contribution in [0.15, 0.2) is 24.3 Å². The number of hydrogen-bond donors (Lipinski definition) is 1. The molecule has 0 spiro atoms. The van der Waals surface area contributed by atoms with E-state index in [-0.39, 0.29) is 6.10 Å². The van der Waals surface area contributed by atoms with Gasteiger partial charge in [0, 0.05) is 6.54 Å². The summed E-state index contributed by atoms with van der Waals surface area (Å²) in [6, 6.07) is 0. The maximum atomic E-state index is 10.2. The molecule has 2 unspecified atom stereocenters. The van der Waals surface area contributed by atoms with Crippen LogP contribution in [0.1, 0.15) is 149 Å². The van der Waals surface area contributed by atoms with Crippen molar-refractivity contribution in [2.45, 2.75) is 161 Å². The largest absolute Gasteiger partial charge is 0.377 e. The summed E-state index contributed by atoms with van der Waals surface area (Å²) in [6.45, 7) is 6.79. The predicted molar refractivity (Wildman–Crippen MR) is 167 cm³/mol. The molecule has 1 N–H and O–H groups in total. The van der Waals surface area contributed by atoms with Gasteiger partial charge in [-0.15, -0.1) is 0 Å². The molecule has 0 rings (SSSR count). The van der Waals surface area contributed by atoms with E-state index in [0.717, 1.165) is 38.8 Å². The van der Waals surface area contributed by atoms with E-state index in [1.165, 1.54) is 109 Å². The summed E-state index contributed by atoms with van der Waals surface area (Å²) < 4.78 is 11.9. The van der Waals surface area contributed by atoms with Crippen molar-refractivity contribution in [3.63, 3.8) is 0 Å². The van der Waals surface area contributed by atoms with Gasteiger partial charge >= 0.3 is 0 Å². The monoisotopic (exact) mass is 538 g/mol. The molecule has 0 aliphatic carbocycles. The minimum absolute atomic E-state index is 0.236. The van der Waals surface area contributed by atoms with Gasteiger partial charge in [-0.1, -0.05) is 109 Å². The van der Waals surface area contributed by atoms with Gasteiger partial charge in [0.05, 0.1) is 19.3 Å². The summed E-state index contributed by atoms with van der Waals surface area (Å²) in [7, 11) is 4.17. The number of ether oxygens (including phenoxy) is 2. The third-order valence-electron chi connectivity index (χ3n) is 7.14. The highest BCUT2D eigenvalue weighted by Gasteiger charge is 2.11. The highest BCUT2D eigenvalue weighted by molar-refractivity contribution is 4.81. The number of aliphatic hydroxyl groups excluding tert-OH is 1. The summed E-state index contributed by atoms with van der Waals surface area (Å²) in [4.78, 5) is 2.17. The van der Waals surface area contributed by atoms with Gasteiger partial charge in [0.15, 0.2) is 6.29 Å². The van der Waals surface area contributed by atoms with Crippen molar-refractivity contribution in [1.82, 2.24) is 4.90 Å². The van der Waals surface area contributed by atoms with Crippen LogP contribution in [0.5, 0.6) is 0 Å². The Bertz CT molecular complexity index is 506. The lowest BCUT2D eigenvalue weighted by Crippen LogP contribution is -2.24. The fourth-order valence-corrected chi connectivity index (χ4v) is 4.52. The molecule has 0 amide bonds. The van der Waals surface area contributed by atoms with Crippen LogP contribution in [0.4, 0.5) is 0 Å². The molecule has 4 heteroatoms. The van der Waals surface area contributed by atoms with Gasteiger partial charge in [-0.2, -0.15) is 0 Å². The molecule has 2 atom stereocenters. The lowest BCUT2D eigenvalue weighted by atomic mass is 10.0. The van der Waals surface area contributed by atoms with Crippen LogP contribution in [0.25, 0.3) is 0 Å². The molecule has 0 fully saturated rings. The van der Waals surface area contributed by atoms with Crippen molar-refractivity contribution in [3.05, 3.63) is 24.3 Å².